The largest absolute Gasteiger partial charge is 0.397 e. The maximum absolute atomic E-state index is 5.83. The number of nitrogens with two attached hydrogens (primary N) is 1. The highest BCUT2D eigenvalue weighted by Crippen LogP contribution is 2.29. The zero-order valence-corrected chi connectivity index (χ0v) is 11.1. The first kappa shape index (κ1) is 11.9. The Labute approximate surface area is 114 Å². The molecule has 0 atom stereocenters. The number of aryl methyl sites for hydroxylation is 2. The summed E-state index contributed by atoms with van der Waals surface area (Å²) in [5.41, 5.74) is 7.78. The molecule has 0 saturated heterocycles. The zero-order valence-electron chi connectivity index (χ0n) is 10.2. The molecule has 1 aromatic carbocycles. The number of rotatable bonds is 4. The van der Waals surface area contributed by atoms with E-state index in [1.807, 2.05) is 29.6 Å². The Bertz CT molecular complexity index is 660. The van der Waals surface area contributed by atoms with E-state index in [0.717, 1.165) is 17.7 Å². The van der Waals surface area contributed by atoms with Crippen LogP contribution in [0.1, 0.15) is 11.4 Å². The summed E-state index contributed by atoms with van der Waals surface area (Å²) in [7, 11) is 0. The zero-order chi connectivity index (χ0) is 13.1. The molecule has 4 nitrogen and oxygen atoms in total. The lowest BCUT2D eigenvalue weighted by molar-refractivity contribution is 0.423. The first-order chi connectivity index (χ1) is 9.33. The van der Waals surface area contributed by atoms with Crippen molar-refractivity contribution < 1.29 is 4.52 Å². The van der Waals surface area contributed by atoms with Crippen LogP contribution in [-0.4, -0.2) is 10.1 Å². The van der Waals surface area contributed by atoms with E-state index < -0.39 is 0 Å². The Morgan fingerprint density at radius 1 is 1.11 bits per heavy atom. The number of anilines is 1. The van der Waals surface area contributed by atoms with Gasteiger partial charge in [0.25, 0.3) is 5.89 Å². The van der Waals surface area contributed by atoms with Gasteiger partial charge in [0.1, 0.15) is 4.88 Å². The molecule has 3 aromatic rings. The normalized spacial score (nSPS) is 10.7. The van der Waals surface area contributed by atoms with E-state index in [1.165, 1.54) is 16.9 Å². The summed E-state index contributed by atoms with van der Waals surface area (Å²) < 4.78 is 5.25. The van der Waals surface area contributed by atoms with Crippen molar-refractivity contribution in [3.63, 3.8) is 0 Å². The molecule has 2 aromatic heterocycles. The van der Waals surface area contributed by atoms with Crippen molar-refractivity contribution in [2.45, 2.75) is 12.8 Å². The highest BCUT2D eigenvalue weighted by molar-refractivity contribution is 7.14. The van der Waals surface area contributed by atoms with Gasteiger partial charge >= 0.3 is 0 Å². The number of aromatic nitrogens is 2. The van der Waals surface area contributed by atoms with Gasteiger partial charge in [-0.05, 0) is 23.4 Å². The van der Waals surface area contributed by atoms with Gasteiger partial charge < -0.3 is 10.3 Å². The molecule has 5 heteroatoms. The van der Waals surface area contributed by atoms with Gasteiger partial charge in [0.05, 0.1) is 5.69 Å². The molecule has 0 aliphatic rings. The highest BCUT2D eigenvalue weighted by Gasteiger charge is 2.12. The summed E-state index contributed by atoms with van der Waals surface area (Å²) in [6, 6.07) is 12.1. The van der Waals surface area contributed by atoms with Gasteiger partial charge in [0.15, 0.2) is 5.82 Å². The molecule has 19 heavy (non-hydrogen) atoms. The molecule has 0 bridgehead atoms. The van der Waals surface area contributed by atoms with Gasteiger partial charge in [0, 0.05) is 6.42 Å². The topological polar surface area (TPSA) is 64.9 Å². The SMILES string of the molecule is Nc1ccsc1-c1nc(CCc2ccccc2)no1. The molecule has 0 fully saturated rings. The van der Waals surface area contributed by atoms with Crippen molar-refractivity contribution >= 4 is 17.0 Å². The summed E-state index contributed by atoms with van der Waals surface area (Å²) in [6.07, 6.45) is 1.67. The molecule has 0 unspecified atom stereocenters. The van der Waals surface area contributed by atoms with E-state index in [4.69, 9.17) is 10.3 Å². The van der Waals surface area contributed by atoms with E-state index in [-0.39, 0.29) is 0 Å². The fourth-order valence-electron chi connectivity index (χ4n) is 1.84. The minimum atomic E-state index is 0.510. The molecular formula is C14H13N3OS. The number of nitrogens with zero attached hydrogens (tertiary/aromatic N) is 2. The van der Waals surface area contributed by atoms with E-state index >= 15 is 0 Å². The van der Waals surface area contributed by atoms with Crippen LogP contribution in [0.15, 0.2) is 46.3 Å². The molecule has 0 spiro atoms. The summed E-state index contributed by atoms with van der Waals surface area (Å²) in [5, 5.41) is 5.91. The number of nitrogen functional groups attached to an aromatic ring is 1. The monoisotopic (exact) mass is 271 g/mol. The van der Waals surface area contributed by atoms with Crippen LogP contribution in [0.4, 0.5) is 5.69 Å². The average molecular weight is 271 g/mol. The second kappa shape index (κ2) is 5.24. The average Bonchev–Trinajstić information content (AvgIpc) is 3.06. The van der Waals surface area contributed by atoms with Crippen molar-refractivity contribution in [2.75, 3.05) is 5.73 Å². The minimum Gasteiger partial charge on any atom is -0.397 e. The lowest BCUT2D eigenvalue weighted by atomic mass is 10.1. The second-order valence-corrected chi connectivity index (χ2v) is 5.12. The fourth-order valence-corrected chi connectivity index (χ4v) is 2.58. The third-order valence-electron chi connectivity index (χ3n) is 2.84. The first-order valence-corrected chi connectivity index (χ1v) is 6.91. The summed E-state index contributed by atoms with van der Waals surface area (Å²) >= 11 is 1.51. The standard InChI is InChI=1S/C14H13N3OS/c15-11-8-9-19-13(11)14-16-12(17-18-14)7-6-10-4-2-1-3-5-10/h1-5,8-9H,6-7,15H2. The van der Waals surface area contributed by atoms with Crippen molar-refractivity contribution in [1.82, 2.24) is 10.1 Å². The van der Waals surface area contributed by atoms with E-state index in [1.54, 1.807) is 0 Å². The quantitative estimate of drug-likeness (QED) is 0.791. The molecular weight excluding hydrogens is 258 g/mol. The van der Waals surface area contributed by atoms with Crippen molar-refractivity contribution in [3.05, 3.63) is 53.2 Å². The molecule has 0 saturated carbocycles. The van der Waals surface area contributed by atoms with E-state index in [2.05, 4.69) is 22.3 Å². The number of thiophene rings is 1. The van der Waals surface area contributed by atoms with Gasteiger partial charge in [-0.15, -0.1) is 11.3 Å². The van der Waals surface area contributed by atoms with Gasteiger partial charge in [-0.25, -0.2) is 0 Å². The molecule has 0 amide bonds. The molecule has 2 heterocycles. The summed E-state index contributed by atoms with van der Waals surface area (Å²) in [6.45, 7) is 0. The smallest absolute Gasteiger partial charge is 0.270 e. The van der Waals surface area contributed by atoms with Gasteiger partial charge in [-0.2, -0.15) is 4.98 Å². The molecule has 2 N–H and O–H groups in total. The van der Waals surface area contributed by atoms with E-state index in [9.17, 15) is 0 Å². The van der Waals surface area contributed by atoms with Crippen molar-refractivity contribution in [3.8, 4) is 10.8 Å². The van der Waals surface area contributed by atoms with Crippen LogP contribution in [0, 0.1) is 0 Å². The molecule has 0 aliphatic carbocycles. The molecule has 0 radical (unpaired) electrons. The minimum absolute atomic E-state index is 0.510. The first-order valence-electron chi connectivity index (χ1n) is 6.03. The lowest BCUT2D eigenvalue weighted by Gasteiger charge is -1.96. The molecule has 96 valence electrons. The van der Waals surface area contributed by atoms with Crippen LogP contribution < -0.4 is 5.73 Å². The number of hydrogen-bond donors (Lipinski definition) is 1. The number of hydrogen-bond acceptors (Lipinski definition) is 5. The predicted octanol–water partition coefficient (Wildman–Crippen LogP) is 3.17. The molecule has 0 aliphatic heterocycles. The Kier molecular flexibility index (Phi) is 3.29. The van der Waals surface area contributed by atoms with Crippen LogP contribution in [0.5, 0.6) is 0 Å². The van der Waals surface area contributed by atoms with Crippen molar-refractivity contribution in [2.24, 2.45) is 0 Å². The Morgan fingerprint density at radius 2 is 1.95 bits per heavy atom. The fraction of sp³-hybridized carbons (Fsp3) is 0.143. The summed E-state index contributed by atoms with van der Waals surface area (Å²) in [4.78, 5) is 5.23. The van der Waals surface area contributed by atoms with Gasteiger partial charge in [-0.3, -0.25) is 0 Å². The van der Waals surface area contributed by atoms with E-state index in [0.29, 0.717) is 17.4 Å². The lowest BCUT2D eigenvalue weighted by Crippen LogP contribution is -1.93. The molecule has 3 rings (SSSR count). The third kappa shape index (κ3) is 2.66. The highest BCUT2D eigenvalue weighted by atomic mass is 32.1. The maximum atomic E-state index is 5.83. The van der Waals surface area contributed by atoms with Crippen LogP contribution in [0.2, 0.25) is 0 Å². The van der Waals surface area contributed by atoms with Crippen LogP contribution in [-0.2, 0) is 12.8 Å². The Balaban J connectivity index is 1.71. The Morgan fingerprint density at radius 3 is 2.68 bits per heavy atom. The van der Waals surface area contributed by atoms with Crippen LogP contribution >= 0.6 is 11.3 Å². The number of benzene rings is 1. The van der Waals surface area contributed by atoms with Gasteiger partial charge in [-0.1, -0.05) is 35.5 Å². The second-order valence-electron chi connectivity index (χ2n) is 4.21. The van der Waals surface area contributed by atoms with Gasteiger partial charge in [0.2, 0.25) is 0 Å². The van der Waals surface area contributed by atoms with Crippen molar-refractivity contribution in [1.29, 1.82) is 0 Å². The van der Waals surface area contributed by atoms with Crippen LogP contribution in [0.25, 0.3) is 10.8 Å². The Hall–Kier alpha value is -2.14. The third-order valence-corrected chi connectivity index (χ3v) is 3.76. The van der Waals surface area contributed by atoms with Crippen LogP contribution in [0.3, 0.4) is 0 Å². The summed E-state index contributed by atoms with van der Waals surface area (Å²) in [5.74, 6) is 1.22. The predicted molar refractivity (Wildman–Crippen MR) is 75.9 cm³/mol. The maximum Gasteiger partial charge on any atom is 0.270 e.